The molecule has 184 valence electrons. The molecule has 1 aromatic heterocycles. The molecule has 1 aromatic rings. The number of nitrogens with one attached hydrogen (secondary N) is 1. The minimum atomic E-state index is -2.16. The summed E-state index contributed by atoms with van der Waals surface area (Å²) in [6.07, 6.45) is 3.38. The lowest BCUT2D eigenvalue weighted by atomic mass is 9.94. The summed E-state index contributed by atoms with van der Waals surface area (Å²) in [5.41, 5.74) is 4.64. The second-order valence-corrected chi connectivity index (χ2v) is 10.5. The molecule has 0 aliphatic carbocycles. The van der Waals surface area contributed by atoms with Crippen LogP contribution in [0.3, 0.4) is 0 Å². The van der Waals surface area contributed by atoms with Crippen LogP contribution in [0.25, 0.3) is 0 Å². The van der Waals surface area contributed by atoms with E-state index >= 15 is 0 Å². The molecule has 0 saturated carbocycles. The van der Waals surface area contributed by atoms with Crippen molar-refractivity contribution in [2.45, 2.75) is 16.6 Å². The lowest BCUT2D eigenvalue weighted by molar-refractivity contribution is -0.137. The Balaban J connectivity index is 1.73. The van der Waals surface area contributed by atoms with Crippen LogP contribution < -0.4 is 16.0 Å². The standard InChI is InChI=1S/C21H25Cl3FN7O2/c1-30-6-8-32(9-7-30)20(34)13-2-4-31(5-3-13)17-15(25)11-28-12-16(17)29-19(33)14(10-26)18(27)21(22,23)24/h11-13H,2-9,27H2,1H3,(H,29,33)/b18-14-. The van der Waals surface area contributed by atoms with Crippen molar-refractivity contribution in [1.82, 2.24) is 14.8 Å². The molecule has 2 aliphatic rings. The number of aromatic nitrogens is 1. The van der Waals surface area contributed by atoms with E-state index in [1.165, 1.54) is 6.20 Å². The number of alkyl halides is 3. The van der Waals surface area contributed by atoms with Gasteiger partial charge in [-0.05, 0) is 19.9 Å². The Morgan fingerprint density at radius 3 is 2.35 bits per heavy atom. The van der Waals surface area contributed by atoms with Gasteiger partial charge in [-0.3, -0.25) is 14.6 Å². The summed E-state index contributed by atoms with van der Waals surface area (Å²) >= 11 is 17.1. The Morgan fingerprint density at radius 1 is 1.18 bits per heavy atom. The predicted octanol–water partition coefficient (Wildman–Crippen LogP) is 2.26. The molecule has 9 nitrogen and oxygen atoms in total. The number of anilines is 2. The summed E-state index contributed by atoms with van der Waals surface area (Å²) in [5.74, 6) is -1.62. The number of likely N-dealkylation sites (N-methyl/N-ethyl adjacent to an activating group) is 1. The third-order valence-corrected chi connectivity index (χ3v) is 6.62. The summed E-state index contributed by atoms with van der Waals surface area (Å²) in [7, 11) is 2.03. The highest BCUT2D eigenvalue weighted by Crippen LogP contribution is 2.35. The first-order valence-electron chi connectivity index (χ1n) is 10.7. The van der Waals surface area contributed by atoms with Crippen LogP contribution in [0.15, 0.2) is 23.7 Å². The zero-order valence-corrected chi connectivity index (χ0v) is 20.8. The van der Waals surface area contributed by atoms with E-state index in [0.29, 0.717) is 39.0 Å². The summed E-state index contributed by atoms with van der Waals surface area (Å²) in [4.78, 5) is 35.2. The van der Waals surface area contributed by atoms with Gasteiger partial charge in [0.1, 0.15) is 17.3 Å². The number of nitrogens with two attached hydrogens (primary N) is 1. The number of halogens is 4. The molecule has 3 heterocycles. The van der Waals surface area contributed by atoms with E-state index in [-0.39, 0.29) is 23.2 Å². The number of hydrogen-bond donors (Lipinski definition) is 2. The van der Waals surface area contributed by atoms with Crippen molar-refractivity contribution >= 4 is 58.0 Å². The van der Waals surface area contributed by atoms with Gasteiger partial charge in [0.05, 0.1) is 23.8 Å². The van der Waals surface area contributed by atoms with Crippen LogP contribution in [0.1, 0.15) is 12.8 Å². The first-order valence-corrected chi connectivity index (χ1v) is 11.8. The number of piperazine rings is 1. The smallest absolute Gasteiger partial charge is 0.268 e. The Kier molecular flexibility index (Phi) is 8.47. The van der Waals surface area contributed by atoms with Gasteiger partial charge in [-0.25, -0.2) is 4.39 Å². The number of carbonyl (C=O) groups is 2. The fourth-order valence-corrected chi connectivity index (χ4v) is 4.32. The van der Waals surface area contributed by atoms with Crippen LogP contribution in [-0.2, 0) is 9.59 Å². The van der Waals surface area contributed by atoms with Crippen LogP contribution >= 0.6 is 34.8 Å². The lowest BCUT2D eigenvalue weighted by Crippen LogP contribution is -2.50. The van der Waals surface area contributed by atoms with E-state index in [1.807, 2.05) is 11.9 Å². The second kappa shape index (κ2) is 11.0. The molecule has 13 heteroatoms. The van der Waals surface area contributed by atoms with Gasteiger partial charge in [-0.1, -0.05) is 34.8 Å². The van der Waals surface area contributed by atoms with E-state index in [1.54, 1.807) is 11.0 Å². The first kappa shape index (κ1) is 26.3. The van der Waals surface area contributed by atoms with Gasteiger partial charge in [0.2, 0.25) is 9.70 Å². The highest BCUT2D eigenvalue weighted by Gasteiger charge is 2.33. The maximum Gasteiger partial charge on any atom is 0.268 e. The van der Waals surface area contributed by atoms with Gasteiger partial charge in [-0.15, -0.1) is 0 Å². The Hall–Kier alpha value is -2.32. The van der Waals surface area contributed by atoms with Crippen LogP contribution in [0.5, 0.6) is 0 Å². The normalized spacial score (nSPS) is 18.8. The molecule has 0 bridgehead atoms. The third-order valence-electron chi connectivity index (χ3n) is 6.01. The average molecular weight is 533 g/mol. The largest absolute Gasteiger partial charge is 0.397 e. The maximum absolute atomic E-state index is 14.8. The fourth-order valence-electron chi connectivity index (χ4n) is 4.04. The number of nitrogens with zero attached hydrogens (tertiary/aromatic N) is 5. The van der Waals surface area contributed by atoms with Crippen LogP contribution in [0, 0.1) is 23.1 Å². The van der Waals surface area contributed by atoms with Gasteiger partial charge in [0, 0.05) is 45.2 Å². The van der Waals surface area contributed by atoms with E-state index in [4.69, 9.17) is 40.5 Å². The first-order chi connectivity index (χ1) is 16.0. The predicted molar refractivity (Wildman–Crippen MR) is 129 cm³/mol. The molecule has 2 amide bonds. The Bertz CT molecular complexity index is 1010. The maximum atomic E-state index is 14.8. The highest BCUT2D eigenvalue weighted by molar-refractivity contribution is 6.69. The van der Waals surface area contributed by atoms with Gasteiger partial charge >= 0.3 is 0 Å². The topological polar surface area (TPSA) is 119 Å². The second-order valence-electron chi connectivity index (χ2n) is 8.26. The molecule has 0 unspecified atom stereocenters. The molecule has 3 rings (SSSR count). The molecule has 3 N–H and O–H groups in total. The molecule has 2 fully saturated rings. The number of amides is 2. The number of pyridine rings is 1. The minimum Gasteiger partial charge on any atom is -0.397 e. The van der Waals surface area contributed by atoms with E-state index in [9.17, 15) is 19.2 Å². The molecule has 34 heavy (non-hydrogen) atoms. The van der Waals surface area contributed by atoms with E-state index < -0.39 is 26.8 Å². The number of hydrogen-bond acceptors (Lipinski definition) is 7. The zero-order valence-electron chi connectivity index (χ0n) is 18.5. The van der Waals surface area contributed by atoms with Gasteiger partial charge in [0.25, 0.3) is 5.91 Å². The van der Waals surface area contributed by atoms with E-state index in [0.717, 1.165) is 19.3 Å². The molecule has 0 spiro atoms. The quantitative estimate of drug-likeness (QED) is 0.347. The van der Waals surface area contributed by atoms with Crippen molar-refractivity contribution in [3.05, 3.63) is 29.5 Å². The highest BCUT2D eigenvalue weighted by atomic mass is 35.6. The van der Waals surface area contributed by atoms with Gasteiger partial charge in [-0.2, -0.15) is 5.26 Å². The van der Waals surface area contributed by atoms with Crippen molar-refractivity contribution in [3.8, 4) is 6.07 Å². The third kappa shape index (κ3) is 6.02. The molecule has 2 aliphatic heterocycles. The number of nitriles is 1. The van der Waals surface area contributed by atoms with Crippen LogP contribution in [0.4, 0.5) is 15.8 Å². The number of carbonyl (C=O) groups excluding carboxylic acids is 2. The average Bonchev–Trinajstić information content (AvgIpc) is 2.79. The minimum absolute atomic E-state index is 0.0405. The monoisotopic (exact) mass is 531 g/mol. The molecule has 0 radical (unpaired) electrons. The van der Waals surface area contributed by atoms with Crippen molar-refractivity contribution < 1.29 is 14.0 Å². The summed E-state index contributed by atoms with van der Waals surface area (Å²) in [6, 6.07) is 1.61. The number of piperidine rings is 1. The van der Waals surface area contributed by atoms with E-state index in [2.05, 4.69) is 15.2 Å². The van der Waals surface area contributed by atoms with Crippen molar-refractivity contribution in [2.75, 3.05) is 56.5 Å². The summed E-state index contributed by atoms with van der Waals surface area (Å²) < 4.78 is 12.6. The lowest BCUT2D eigenvalue weighted by Gasteiger charge is -2.38. The van der Waals surface area contributed by atoms with Crippen LogP contribution in [0.2, 0.25) is 0 Å². The fraction of sp³-hybridized carbons (Fsp3) is 0.524. The summed E-state index contributed by atoms with van der Waals surface area (Å²) in [6.45, 7) is 3.92. The molecular formula is C21H25Cl3FN7O2. The molecule has 0 aromatic carbocycles. The van der Waals surface area contributed by atoms with Gasteiger partial charge in [0.15, 0.2) is 5.82 Å². The van der Waals surface area contributed by atoms with Crippen molar-refractivity contribution in [2.24, 2.45) is 11.7 Å². The molecular weight excluding hydrogens is 508 g/mol. The Labute approximate surface area is 212 Å². The van der Waals surface area contributed by atoms with Crippen molar-refractivity contribution in [1.29, 1.82) is 5.26 Å². The molecule has 2 saturated heterocycles. The van der Waals surface area contributed by atoms with Crippen LogP contribution in [-0.4, -0.2) is 76.7 Å². The summed E-state index contributed by atoms with van der Waals surface area (Å²) in [5, 5.41) is 11.8. The number of rotatable bonds is 4. The zero-order chi connectivity index (χ0) is 25.0. The van der Waals surface area contributed by atoms with Gasteiger partial charge < -0.3 is 25.8 Å². The van der Waals surface area contributed by atoms with Crippen molar-refractivity contribution in [3.63, 3.8) is 0 Å². The number of allylic oxidation sites excluding steroid dienone is 1. The Morgan fingerprint density at radius 2 is 1.79 bits per heavy atom. The molecule has 0 atom stereocenters. The SMILES string of the molecule is CN1CCN(C(=O)C2CCN(c3c(F)cncc3NC(=O)/C(C#N)=C(\N)C(Cl)(Cl)Cl)CC2)CC1.